The van der Waals surface area contributed by atoms with E-state index in [4.69, 9.17) is 4.74 Å². The van der Waals surface area contributed by atoms with Gasteiger partial charge in [0.2, 0.25) is 5.91 Å². The maximum Gasteiger partial charge on any atom is 0.261 e. The number of pyridine rings is 1. The number of aromatic nitrogens is 1. The molecule has 142 valence electrons. The Hall–Kier alpha value is -3.09. The first kappa shape index (κ1) is 18.7. The van der Waals surface area contributed by atoms with Crippen molar-refractivity contribution in [1.82, 2.24) is 14.8 Å². The lowest BCUT2D eigenvalue weighted by Gasteiger charge is -2.34. The Morgan fingerprint density at radius 1 is 1.19 bits per heavy atom. The van der Waals surface area contributed by atoms with Crippen LogP contribution in [0.3, 0.4) is 0 Å². The number of hydrogen-bond acceptors (Lipinski definition) is 4. The number of ether oxygens (including phenoxy) is 1. The van der Waals surface area contributed by atoms with Crippen LogP contribution in [0.1, 0.15) is 27.2 Å². The molecule has 0 bridgehead atoms. The predicted octanol–water partition coefficient (Wildman–Crippen LogP) is 1.48. The van der Waals surface area contributed by atoms with Gasteiger partial charge in [-0.25, -0.2) is 0 Å². The fourth-order valence-electron chi connectivity index (χ4n) is 3.32. The third-order valence-corrected chi connectivity index (χ3v) is 4.69. The van der Waals surface area contributed by atoms with Crippen molar-refractivity contribution in [2.45, 2.75) is 20.4 Å². The second-order valence-electron chi connectivity index (χ2n) is 6.73. The van der Waals surface area contributed by atoms with Gasteiger partial charge >= 0.3 is 0 Å². The van der Waals surface area contributed by atoms with Crippen LogP contribution in [0.4, 0.5) is 0 Å². The fraction of sp³-hybridized carbons (Fsp3) is 0.350. The molecule has 7 heteroatoms. The standard InChI is InChI=1S/C20H23N3O4/c1-13-9-14(2)21-19(25)18(13)20(26)23-8-7-22(17(24)12-23)11-15-5-4-6-16(10-15)27-3/h4-6,9-10H,7-8,11-12H2,1-3H3,(H,21,25). The van der Waals surface area contributed by atoms with Gasteiger partial charge in [0.1, 0.15) is 17.9 Å². The fourth-order valence-corrected chi connectivity index (χ4v) is 3.32. The average molecular weight is 369 g/mol. The van der Waals surface area contributed by atoms with Gasteiger partial charge in [0, 0.05) is 25.3 Å². The molecule has 1 aliphatic rings. The van der Waals surface area contributed by atoms with E-state index in [0.717, 1.165) is 11.3 Å². The SMILES string of the molecule is COc1cccc(CN2CCN(C(=O)c3c(C)cc(C)[nH]c3=O)CC2=O)c1. The lowest BCUT2D eigenvalue weighted by atomic mass is 10.1. The van der Waals surface area contributed by atoms with Crippen LogP contribution in [-0.2, 0) is 11.3 Å². The number of carbonyl (C=O) groups excluding carboxylic acids is 2. The maximum atomic E-state index is 12.8. The number of amides is 2. The molecule has 27 heavy (non-hydrogen) atoms. The molecule has 0 radical (unpaired) electrons. The van der Waals surface area contributed by atoms with Crippen molar-refractivity contribution in [3.8, 4) is 5.75 Å². The zero-order valence-corrected chi connectivity index (χ0v) is 15.7. The van der Waals surface area contributed by atoms with Gasteiger partial charge in [0.15, 0.2) is 0 Å². The number of carbonyl (C=O) groups is 2. The zero-order chi connectivity index (χ0) is 19.6. The van der Waals surface area contributed by atoms with E-state index in [9.17, 15) is 14.4 Å². The van der Waals surface area contributed by atoms with Crippen LogP contribution in [0.5, 0.6) is 5.75 Å². The molecular weight excluding hydrogens is 346 g/mol. The summed E-state index contributed by atoms with van der Waals surface area (Å²) in [5.74, 6) is 0.199. The minimum atomic E-state index is -0.413. The van der Waals surface area contributed by atoms with Crippen LogP contribution in [-0.4, -0.2) is 53.3 Å². The summed E-state index contributed by atoms with van der Waals surface area (Å²) in [5.41, 5.74) is 1.98. The van der Waals surface area contributed by atoms with Crippen molar-refractivity contribution < 1.29 is 14.3 Å². The van der Waals surface area contributed by atoms with E-state index in [1.165, 1.54) is 4.90 Å². The third-order valence-electron chi connectivity index (χ3n) is 4.69. The normalized spacial score (nSPS) is 14.4. The highest BCUT2D eigenvalue weighted by molar-refractivity contribution is 5.97. The molecule has 0 aliphatic carbocycles. The monoisotopic (exact) mass is 369 g/mol. The first-order chi connectivity index (χ1) is 12.9. The van der Waals surface area contributed by atoms with E-state index in [0.29, 0.717) is 30.9 Å². The van der Waals surface area contributed by atoms with Crippen molar-refractivity contribution in [2.24, 2.45) is 0 Å². The van der Waals surface area contributed by atoms with Gasteiger partial charge in [0.25, 0.3) is 11.5 Å². The molecule has 1 aromatic heterocycles. The number of hydrogen-bond donors (Lipinski definition) is 1. The van der Waals surface area contributed by atoms with Crippen LogP contribution < -0.4 is 10.3 Å². The van der Waals surface area contributed by atoms with Crippen molar-refractivity contribution in [3.63, 3.8) is 0 Å². The highest BCUT2D eigenvalue weighted by Crippen LogP contribution is 2.17. The number of aromatic amines is 1. The van der Waals surface area contributed by atoms with Gasteiger partial charge in [0.05, 0.1) is 7.11 Å². The molecule has 3 rings (SSSR count). The van der Waals surface area contributed by atoms with E-state index < -0.39 is 11.5 Å². The Morgan fingerprint density at radius 3 is 2.63 bits per heavy atom. The molecule has 2 heterocycles. The Kier molecular flexibility index (Phi) is 5.30. The summed E-state index contributed by atoms with van der Waals surface area (Å²) in [6.45, 7) is 4.74. The minimum absolute atomic E-state index is 0.0322. The Morgan fingerprint density at radius 2 is 1.96 bits per heavy atom. The van der Waals surface area contributed by atoms with Gasteiger partial charge < -0.3 is 19.5 Å². The van der Waals surface area contributed by atoms with Crippen LogP contribution >= 0.6 is 0 Å². The van der Waals surface area contributed by atoms with E-state index in [1.807, 2.05) is 24.3 Å². The predicted molar refractivity (Wildman–Crippen MR) is 101 cm³/mol. The second kappa shape index (κ2) is 7.65. The number of rotatable bonds is 4. The van der Waals surface area contributed by atoms with Gasteiger partial charge in [-0.05, 0) is 43.2 Å². The zero-order valence-electron chi connectivity index (χ0n) is 15.7. The number of nitrogens with zero attached hydrogens (tertiary/aromatic N) is 2. The van der Waals surface area contributed by atoms with E-state index >= 15 is 0 Å². The first-order valence-corrected chi connectivity index (χ1v) is 8.79. The number of H-pyrrole nitrogens is 1. The van der Waals surface area contributed by atoms with E-state index in [1.54, 1.807) is 31.9 Å². The third kappa shape index (κ3) is 4.02. The van der Waals surface area contributed by atoms with Gasteiger partial charge in [-0.3, -0.25) is 14.4 Å². The molecule has 7 nitrogen and oxygen atoms in total. The van der Waals surface area contributed by atoms with Gasteiger partial charge in [-0.1, -0.05) is 12.1 Å². The summed E-state index contributed by atoms with van der Waals surface area (Å²) >= 11 is 0. The maximum absolute atomic E-state index is 12.8. The molecule has 0 unspecified atom stereocenters. The number of aryl methyl sites for hydroxylation is 2. The topological polar surface area (TPSA) is 82.7 Å². The van der Waals surface area contributed by atoms with Crippen molar-refractivity contribution in [2.75, 3.05) is 26.7 Å². The van der Waals surface area contributed by atoms with Gasteiger partial charge in [-0.2, -0.15) is 0 Å². The Labute approximate surface area is 157 Å². The summed E-state index contributed by atoms with van der Waals surface area (Å²) in [6.07, 6.45) is 0. The molecule has 1 aromatic carbocycles. The van der Waals surface area contributed by atoms with Gasteiger partial charge in [-0.15, -0.1) is 0 Å². The molecule has 1 saturated heterocycles. The van der Waals surface area contributed by atoms with E-state index in [-0.39, 0.29) is 18.0 Å². The molecule has 0 atom stereocenters. The molecule has 2 aromatic rings. The van der Waals surface area contributed by atoms with Crippen molar-refractivity contribution >= 4 is 11.8 Å². The number of piperazine rings is 1. The summed E-state index contributed by atoms with van der Waals surface area (Å²) in [5, 5.41) is 0. The van der Waals surface area contributed by atoms with Crippen LogP contribution in [0.25, 0.3) is 0 Å². The molecule has 0 saturated carbocycles. The van der Waals surface area contributed by atoms with Crippen molar-refractivity contribution in [1.29, 1.82) is 0 Å². The first-order valence-electron chi connectivity index (χ1n) is 8.79. The largest absolute Gasteiger partial charge is 0.497 e. The molecule has 1 fully saturated rings. The van der Waals surface area contributed by atoms with E-state index in [2.05, 4.69) is 4.98 Å². The molecular formula is C20H23N3O4. The lowest BCUT2D eigenvalue weighted by molar-refractivity contribution is -0.135. The minimum Gasteiger partial charge on any atom is -0.497 e. The molecule has 1 aliphatic heterocycles. The lowest BCUT2D eigenvalue weighted by Crippen LogP contribution is -2.52. The Balaban J connectivity index is 1.70. The summed E-state index contributed by atoms with van der Waals surface area (Å²) in [7, 11) is 1.60. The van der Waals surface area contributed by atoms with Crippen LogP contribution in [0.15, 0.2) is 35.1 Å². The molecule has 1 N–H and O–H groups in total. The highest BCUT2D eigenvalue weighted by Gasteiger charge is 2.29. The van der Waals surface area contributed by atoms with Crippen LogP contribution in [0.2, 0.25) is 0 Å². The van der Waals surface area contributed by atoms with Crippen LogP contribution in [0, 0.1) is 13.8 Å². The number of methoxy groups -OCH3 is 1. The number of benzene rings is 1. The highest BCUT2D eigenvalue weighted by atomic mass is 16.5. The average Bonchev–Trinajstić information content (AvgIpc) is 2.62. The summed E-state index contributed by atoms with van der Waals surface area (Å²) in [6, 6.07) is 9.31. The molecule has 2 amide bonds. The summed E-state index contributed by atoms with van der Waals surface area (Å²) < 4.78 is 5.21. The quantitative estimate of drug-likeness (QED) is 0.885. The Bertz CT molecular complexity index is 935. The van der Waals surface area contributed by atoms with Crippen molar-refractivity contribution in [3.05, 3.63) is 63.1 Å². The summed E-state index contributed by atoms with van der Waals surface area (Å²) in [4.78, 5) is 43.3. The second-order valence-corrected chi connectivity index (χ2v) is 6.73. The number of nitrogens with one attached hydrogen (secondary N) is 1. The smallest absolute Gasteiger partial charge is 0.261 e. The molecule has 0 spiro atoms.